The molecule has 2 heterocycles. The molecular weight excluding hydrogens is 250 g/mol. The zero-order chi connectivity index (χ0) is 13.8. The lowest BCUT2D eigenvalue weighted by Crippen LogP contribution is -2.23. The van der Waals surface area contributed by atoms with Gasteiger partial charge >= 0.3 is 0 Å². The van der Waals surface area contributed by atoms with E-state index < -0.39 is 0 Å². The van der Waals surface area contributed by atoms with Crippen LogP contribution >= 0.6 is 0 Å². The molecule has 3 aromatic rings. The fraction of sp³-hybridized carbons (Fsp3) is 0.200. The Morgan fingerprint density at radius 1 is 1.05 bits per heavy atom. The predicted octanol–water partition coefficient (Wildman–Crippen LogP) is 2.12. The number of nitrogens with one attached hydrogen (secondary N) is 1. The van der Waals surface area contributed by atoms with Gasteiger partial charge in [-0.3, -0.25) is 4.98 Å². The maximum absolute atomic E-state index is 4.69. The molecular formula is C15H15N5. The first-order valence-corrected chi connectivity index (χ1v) is 6.58. The minimum absolute atomic E-state index is 0.0432. The van der Waals surface area contributed by atoms with Gasteiger partial charge in [0.25, 0.3) is 0 Å². The van der Waals surface area contributed by atoms with Crippen LogP contribution in [0.5, 0.6) is 0 Å². The van der Waals surface area contributed by atoms with Crippen LogP contribution in [0.3, 0.4) is 0 Å². The highest BCUT2D eigenvalue weighted by Crippen LogP contribution is 2.20. The van der Waals surface area contributed by atoms with Crippen LogP contribution in [0.1, 0.15) is 24.2 Å². The van der Waals surface area contributed by atoms with Crippen LogP contribution < -0.4 is 5.32 Å². The molecule has 3 rings (SSSR count). The van der Waals surface area contributed by atoms with Crippen LogP contribution in [0, 0.1) is 0 Å². The van der Waals surface area contributed by atoms with Crippen molar-refractivity contribution < 1.29 is 0 Å². The van der Waals surface area contributed by atoms with E-state index in [0.29, 0.717) is 0 Å². The fourth-order valence-electron chi connectivity index (χ4n) is 2.17. The number of aromatic nitrogens is 4. The SMILES string of the molecule is CCNC(c1cncnc1)c1cnc2ccccc2n1. The first kappa shape index (κ1) is 12.6. The van der Waals surface area contributed by atoms with Crippen LogP contribution in [-0.2, 0) is 0 Å². The summed E-state index contributed by atoms with van der Waals surface area (Å²) < 4.78 is 0. The van der Waals surface area contributed by atoms with Crippen molar-refractivity contribution in [3.05, 3.63) is 60.4 Å². The van der Waals surface area contributed by atoms with Gasteiger partial charge in [0.2, 0.25) is 0 Å². The summed E-state index contributed by atoms with van der Waals surface area (Å²) >= 11 is 0. The molecule has 5 heteroatoms. The fourth-order valence-corrected chi connectivity index (χ4v) is 2.17. The summed E-state index contributed by atoms with van der Waals surface area (Å²) in [6, 6.07) is 7.81. The first-order chi connectivity index (χ1) is 9.88. The van der Waals surface area contributed by atoms with Crippen molar-refractivity contribution in [1.29, 1.82) is 0 Å². The average molecular weight is 265 g/mol. The summed E-state index contributed by atoms with van der Waals surface area (Å²) in [5, 5.41) is 3.40. The van der Waals surface area contributed by atoms with E-state index >= 15 is 0 Å². The molecule has 0 fully saturated rings. The molecule has 0 aliphatic heterocycles. The van der Waals surface area contributed by atoms with E-state index in [1.54, 1.807) is 12.4 Å². The van der Waals surface area contributed by atoms with E-state index in [2.05, 4.69) is 32.2 Å². The molecule has 0 saturated heterocycles. The molecule has 2 aromatic heterocycles. The largest absolute Gasteiger partial charge is 0.305 e. The number of fused-ring (bicyclic) bond motifs is 1. The Labute approximate surface area is 117 Å². The van der Waals surface area contributed by atoms with Gasteiger partial charge in [0.1, 0.15) is 6.33 Å². The summed E-state index contributed by atoms with van der Waals surface area (Å²) in [4.78, 5) is 17.3. The Hall–Kier alpha value is -2.40. The van der Waals surface area contributed by atoms with E-state index in [9.17, 15) is 0 Å². The lowest BCUT2D eigenvalue weighted by molar-refractivity contribution is 0.611. The molecule has 5 nitrogen and oxygen atoms in total. The molecule has 1 N–H and O–H groups in total. The Morgan fingerprint density at radius 3 is 2.55 bits per heavy atom. The highest BCUT2D eigenvalue weighted by molar-refractivity contribution is 5.73. The van der Waals surface area contributed by atoms with E-state index in [1.807, 2.05) is 30.5 Å². The minimum Gasteiger partial charge on any atom is -0.305 e. The molecule has 0 radical (unpaired) electrons. The van der Waals surface area contributed by atoms with Gasteiger partial charge in [-0.1, -0.05) is 19.1 Å². The average Bonchev–Trinajstić information content (AvgIpc) is 2.53. The monoisotopic (exact) mass is 265 g/mol. The molecule has 100 valence electrons. The second-order valence-electron chi connectivity index (χ2n) is 4.45. The molecule has 0 aliphatic carbocycles. The zero-order valence-electron chi connectivity index (χ0n) is 11.2. The molecule has 0 amide bonds. The molecule has 20 heavy (non-hydrogen) atoms. The third kappa shape index (κ3) is 2.48. The summed E-state index contributed by atoms with van der Waals surface area (Å²) in [6.45, 7) is 2.89. The maximum atomic E-state index is 4.69. The number of nitrogens with zero attached hydrogens (tertiary/aromatic N) is 4. The lowest BCUT2D eigenvalue weighted by Gasteiger charge is -2.17. The quantitative estimate of drug-likeness (QED) is 0.782. The van der Waals surface area contributed by atoms with Gasteiger partial charge in [0.15, 0.2) is 0 Å². The third-order valence-corrected chi connectivity index (χ3v) is 3.09. The zero-order valence-corrected chi connectivity index (χ0v) is 11.2. The van der Waals surface area contributed by atoms with Crippen LogP contribution in [0.15, 0.2) is 49.2 Å². The topological polar surface area (TPSA) is 63.6 Å². The van der Waals surface area contributed by atoms with E-state index in [1.165, 1.54) is 6.33 Å². The van der Waals surface area contributed by atoms with Crippen molar-refractivity contribution in [2.75, 3.05) is 6.54 Å². The summed E-state index contributed by atoms with van der Waals surface area (Å²) in [7, 11) is 0. The second-order valence-corrected chi connectivity index (χ2v) is 4.45. The van der Waals surface area contributed by atoms with Crippen LogP contribution in [0.4, 0.5) is 0 Å². The van der Waals surface area contributed by atoms with Crippen LogP contribution in [-0.4, -0.2) is 26.5 Å². The normalized spacial score (nSPS) is 12.4. The van der Waals surface area contributed by atoms with Crippen molar-refractivity contribution in [3.63, 3.8) is 0 Å². The highest BCUT2D eigenvalue weighted by Gasteiger charge is 2.15. The Bertz CT molecular complexity index is 699. The highest BCUT2D eigenvalue weighted by atomic mass is 15.0. The smallest absolute Gasteiger partial charge is 0.115 e. The molecule has 0 spiro atoms. The molecule has 1 atom stereocenters. The molecule has 0 aliphatic rings. The van der Waals surface area contributed by atoms with Gasteiger partial charge in [-0.05, 0) is 18.7 Å². The minimum atomic E-state index is -0.0432. The lowest BCUT2D eigenvalue weighted by atomic mass is 10.1. The number of benzene rings is 1. The maximum Gasteiger partial charge on any atom is 0.115 e. The van der Waals surface area contributed by atoms with Crippen molar-refractivity contribution in [3.8, 4) is 0 Å². The van der Waals surface area contributed by atoms with Crippen molar-refractivity contribution in [2.45, 2.75) is 13.0 Å². The van der Waals surface area contributed by atoms with Gasteiger partial charge in [-0.2, -0.15) is 0 Å². The van der Waals surface area contributed by atoms with Gasteiger partial charge in [-0.25, -0.2) is 15.0 Å². The van der Waals surface area contributed by atoms with Gasteiger partial charge in [-0.15, -0.1) is 0 Å². The number of hydrogen-bond donors (Lipinski definition) is 1. The molecule has 1 unspecified atom stereocenters. The summed E-state index contributed by atoms with van der Waals surface area (Å²) in [5.41, 5.74) is 3.65. The Kier molecular flexibility index (Phi) is 3.60. The molecule has 1 aromatic carbocycles. The van der Waals surface area contributed by atoms with E-state index in [0.717, 1.165) is 28.8 Å². The van der Waals surface area contributed by atoms with Crippen molar-refractivity contribution in [1.82, 2.24) is 25.3 Å². The number of para-hydroxylation sites is 2. The predicted molar refractivity (Wildman–Crippen MR) is 77.1 cm³/mol. The third-order valence-electron chi connectivity index (χ3n) is 3.09. The van der Waals surface area contributed by atoms with Gasteiger partial charge < -0.3 is 5.32 Å². The molecule has 0 bridgehead atoms. The van der Waals surface area contributed by atoms with E-state index in [4.69, 9.17) is 0 Å². The van der Waals surface area contributed by atoms with Crippen LogP contribution in [0.2, 0.25) is 0 Å². The van der Waals surface area contributed by atoms with Crippen molar-refractivity contribution in [2.24, 2.45) is 0 Å². The van der Waals surface area contributed by atoms with Crippen molar-refractivity contribution >= 4 is 11.0 Å². The summed E-state index contributed by atoms with van der Waals surface area (Å²) in [6.07, 6.45) is 6.94. The number of hydrogen-bond acceptors (Lipinski definition) is 5. The Morgan fingerprint density at radius 2 is 1.80 bits per heavy atom. The molecule has 0 saturated carbocycles. The summed E-state index contributed by atoms with van der Waals surface area (Å²) in [5.74, 6) is 0. The Balaban J connectivity index is 2.05. The van der Waals surface area contributed by atoms with Crippen LogP contribution in [0.25, 0.3) is 11.0 Å². The van der Waals surface area contributed by atoms with Gasteiger partial charge in [0.05, 0.1) is 29.0 Å². The standard InChI is InChI=1S/C15H15N5/c1-2-18-15(11-7-16-10-17-8-11)14-9-19-12-5-3-4-6-13(12)20-14/h3-10,15,18H,2H2,1H3. The first-order valence-electron chi connectivity index (χ1n) is 6.58. The number of rotatable bonds is 4. The van der Waals surface area contributed by atoms with Gasteiger partial charge in [0, 0.05) is 18.0 Å². The second kappa shape index (κ2) is 5.71. The van der Waals surface area contributed by atoms with E-state index in [-0.39, 0.29) is 6.04 Å².